The molecule has 0 aromatic heterocycles. The minimum Gasteiger partial charge on any atom is -0.0622 e. The molecule has 6 aromatic carbocycles. The molecule has 0 spiro atoms. The Kier molecular flexibility index (Phi) is 5.78. The quantitative estimate of drug-likeness (QED) is 0.221. The lowest BCUT2D eigenvalue weighted by molar-refractivity contribution is 1.55. The van der Waals surface area contributed by atoms with E-state index in [2.05, 4.69) is 149 Å². The zero-order valence-electron chi connectivity index (χ0n) is 19.2. The Morgan fingerprint density at radius 2 is 0.914 bits per heavy atom. The SMILES string of the molecule is Brc1cc(-c2ccccc2)ccc1-c1ccc(-c2cccc(-c3cccc4ccccc34)c2)cc1. The van der Waals surface area contributed by atoms with Crippen LogP contribution in [0.5, 0.6) is 0 Å². The summed E-state index contributed by atoms with van der Waals surface area (Å²) in [6, 6.07) is 49.9. The van der Waals surface area contributed by atoms with E-state index in [4.69, 9.17) is 0 Å². The monoisotopic (exact) mass is 510 g/mol. The van der Waals surface area contributed by atoms with Gasteiger partial charge in [-0.25, -0.2) is 0 Å². The summed E-state index contributed by atoms with van der Waals surface area (Å²) in [7, 11) is 0. The summed E-state index contributed by atoms with van der Waals surface area (Å²) in [6.45, 7) is 0. The van der Waals surface area contributed by atoms with Crippen molar-refractivity contribution >= 4 is 26.7 Å². The Morgan fingerprint density at radius 1 is 0.343 bits per heavy atom. The van der Waals surface area contributed by atoms with Gasteiger partial charge in [-0.15, -0.1) is 0 Å². The van der Waals surface area contributed by atoms with Crippen molar-refractivity contribution in [2.45, 2.75) is 0 Å². The van der Waals surface area contributed by atoms with Crippen molar-refractivity contribution in [3.8, 4) is 44.5 Å². The highest BCUT2D eigenvalue weighted by atomic mass is 79.9. The smallest absolute Gasteiger partial charge is 0.0259 e. The summed E-state index contributed by atoms with van der Waals surface area (Å²) in [4.78, 5) is 0. The first kappa shape index (κ1) is 21.6. The summed E-state index contributed by atoms with van der Waals surface area (Å²) < 4.78 is 1.10. The van der Waals surface area contributed by atoms with Crippen LogP contribution < -0.4 is 0 Å². The molecule has 166 valence electrons. The van der Waals surface area contributed by atoms with Crippen LogP contribution in [-0.4, -0.2) is 0 Å². The number of fused-ring (bicyclic) bond motifs is 1. The van der Waals surface area contributed by atoms with Gasteiger partial charge >= 0.3 is 0 Å². The van der Waals surface area contributed by atoms with Crippen LogP contribution in [0.2, 0.25) is 0 Å². The van der Waals surface area contributed by atoms with Crippen molar-refractivity contribution in [2.75, 3.05) is 0 Å². The molecule has 6 rings (SSSR count). The van der Waals surface area contributed by atoms with E-state index in [0.717, 1.165) is 4.47 Å². The van der Waals surface area contributed by atoms with Crippen LogP contribution in [-0.2, 0) is 0 Å². The zero-order valence-corrected chi connectivity index (χ0v) is 20.7. The van der Waals surface area contributed by atoms with Crippen LogP contribution in [0, 0.1) is 0 Å². The molecule has 0 amide bonds. The van der Waals surface area contributed by atoms with E-state index >= 15 is 0 Å². The first-order valence-corrected chi connectivity index (χ1v) is 12.6. The molecule has 1 heteroatoms. The maximum Gasteiger partial charge on any atom is 0.0259 e. The van der Waals surface area contributed by atoms with E-state index in [1.165, 1.54) is 55.3 Å². The Labute approximate surface area is 214 Å². The fourth-order valence-corrected chi connectivity index (χ4v) is 5.35. The van der Waals surface area contributed by atoms with E-state index in [1.807, 2.05) is 6.07 Å². The van der Waals surface area contributed by atoms with Crippen molar-refractivity contribution in [1.82, 2.24) is 0 Å². The molecule has 0 saturated carbocycles. The third-order valence-electron chi connectivity index (χ3n) is 6.57. The molecule has 0 atom stereocenters. The van der Waals surface area contributed by atoms with Gasteiger partial charge in [-0.2, -0.15) is 0 Å². The fourth-order valence-electron chi connectivity index (χ4n) is 4.75. The largest absolute Gasteiger partial charge is 0.0622 e. The Bertz CT molecular complexity index is 1620. The van der Waals surface area contributed by atoms with Gasteiger partial charge in [0.25, 0.3) is 0 Å². The molecule has 0 saturated heterocycles. The predicted molar refractivity (Wildman–Crippen MR) is 153 cm³/mol. The van der Waals surface area contributed by atoms with Gasteiger partial charge in [-0.3, -0.25) is 0 Å². The topological polar surface area (TPSA) is 0 Å². The van der Waals surface area contributed by atoms with Gasteiger partial charge in [-0.1, -0.05) is 143 Å². The third kappa shape index (κ3) is 4.32. The Morgan fingerprint density at radius 3 is 1.74 bits per heavy atom. The molecular formula is C34H23Br. The third-order valence-corrected chi connectivity index (χ3v) is 7.22. The van der Waals surface area contributed by atoms with Gasteiger partial charge in [-0.05, 0) is 67.4 Å². The average Bonchev–Trinajstić information content (AvgIpc) is 2.93. The lowest BCUT2D eigenvalue weighted by Gasteiger charge is -2.11. The molecule has 0 aliphatic heterocycles. The number of halogens is 1. The number of benzene rings is 6. The van der Waals surface area contributed by atoms with Crippen LogP contribution >= 0.6 is 15.9 Å². The van der Waals surface area contributed by atoms with E-state index in [9.17, 15) is 0 Å². The minimum atomic E-state index is 1.10. The van der Waals surface area contributed by atoms with E-state index < -0.39 is 0 Å². The minimum absolute atomic E-state index is 1.10. The van der Waals surface area contributed by atoms with E-state index in [-0.39, 0.29) is 0 Å². The lowest BCUT2D eigenvalue weighted by Crippen LogP contribution is -1.85. The average molecular weight is 511 g/mol. The van der Waals surface area contributed by atoms with Crippen molar-refractivity contribution in [3.63, 3.8) is 0 Å². The van der Waals surface area contributed by atoms with Crippen LogP contribution in [0.15, 0.2) is 144 Å². The standard InChI is InChI=1S/C34H23Br/c35-34-23-29(24-8-2-1-3-9-24)20-21-33(34)27-18-16-25(17-19-27)28-12-6-13-30(22-28)32-15-7-11-26-10-4-5-14-31(26)32/h1-23H. The second-order valence-corrected chi connectivity index (χ2v) is 9.60. The summed E-state index contributed by atoms with van der Waals surface area (Å²) in [5, 5.41) is 2.55. The summed E-state index contributed by atoms with van der Waals surface area (Å²) >= 11 is 3.80. The molecular weight excluding hydrogens is 488 g/mol. The number of hydrogen-bond acceptors (Lipinski definition) is 0. The lowest BCUT2D eigenvalue weighted by atomic mass is 9.94. The molecule has 0 unspecified atom stereocenters. The fraction of sp³-hybridized carbons (Fsp3) is 0. The van der Waals surface area contributed by atoms with Gasteiger partial charge in [0.1, 0.15) is 0 Å². The molecule has 35 heavy (non-hydrogen) atoms. The Hall–Kier alpha value is -3.94. The number of rotatable bonds is 4. The predicted octanol–water partition coefficient (Wildman–Crippen LogP) is 10.3. The second-order valence-electron chi connectivity index (χ2n) is 8.75. The van der Waals surface area contributed by atoms with Gasteiger partial charge in [0.05, 0.1) is 0 Å². The van der Waals surface area contributed by atoms with Crippen molar-refractivity contribution < 1.29 is 0 Å². The molecule has 0 N–H and O–H groups in total. The molecule has 0 aliphatic rings. The van der Waals surface area contributed by atoms with Gasteiger partial charge < -0.3 is 0 Å². The van der Waals surface area contributed by atoms with Gasteiger partial charge in [0.2, 0.25) is 0 Å². The first-order chi connectivity index (χ1) is 17.3. The van der Waals surface area contributed by atoms with Crippen LogP contribution in [0.3, 0.4) is 0 Å². The molecule has 0 aliphatic carbocycles. The molecule has 6 aromatic rings. The highest BCUT2D eigenvalue weighted by Crippen LogP contribution is 2.35. The molecule has 0 fully saturated rings. The van der Waals surface area contributed by atoms with Crippen molar-refractivity contribution in [3.05, 3.63) is 144 Å². The summed E-state index contributed by atoms with van der Waals surface area (Å²) in [5.74, 6) is 0. The molecule has 0 radical (unpaired) electrons. The number of hydrogen-bond donors (Lipinski definition) is 0. The highest BCUT2D eigenvalue weighted by Gasteiger charge is 2.08. The second kappa shape index (κ2) is 9.37. The molecule has 0 heterocycles. The molecule has 0 nitrogen and oxygen atoms in total. The van der Waals surface area contributed by atoms with Crippen LogP contribution in [0.25, 0.3) is 55.3 Å². The van der Waals surface area contributed by atoms with Crippen molar-refractivity contribution in [2.24, 2.45) is 0 Å². The zero-order chi connectivity index (χ0) is 23.6. The van der Waals surface area contributed by atoms with Crippen molar-refractivity contribution in [1.29, 1.82) is 0 Å². The maximum absolute atomic E-state index is 3.80. The van der Waals surface area contributed by atoms with Gasteiger partial charge in [0, 0.05) is 4.47 Å². The first-order valence-electron chi connectivity index (χ1n) is 11.8. The van der Waals surface area contributed by atoms with Gasteiger partial charge in [0.15, 0.2) is 0 Å². The van der Waals surface area contributed by atoms with E-state index in [1.54, 1.807) is 0 Å². The normalized spacial score (nSPS) is 11.0. The summed E-state index contributed by atoms with van der Waals surface area (Å²) in [6.07, 6.45) is 0. The van der Waals surface area contributed by atoms with E-state index in [0.29, 0.717) is 0 Å². The van der Waals surface area contributed by atoms with Crippen LogP contribution in [0.1, 0.15) is 0 Å². The Balaban J connectivity index is 1.32. The van der Waals surface area contributed by atoms with Crippen LogP contribution in [0.4, 0.5) is 0 Å². The maximum atomic E-state index is 3.80. The highest BCUT2D eigenvalue weighted by molar-refractivity contribution is 9.10. The summed E-state index contributed by atoms with van der Waals surface area (Å²) in [5.41, 5.74) is 9.77. The molecule has 0 bridgehead atoms.